The van der Waals surface area contributed by atoms with Crippen molar-refractivity contribution in [2.75, 3.05) is 6.61 Å². The fourth-order valence-electron chi connectivity index (χ4n) is 3.06. The van der Waals surface area contributed by atoms with Crippen molar-refractivity contribution in [2.24, 2.45) is 5.92 Å². The average Bonchev–Trinajstić information content (AvgIpc) is 2.93. The van der Waals surface area contributed by atoms with Crippen LogP contribution >= 0.6 is 11.6 Å². The quantitative estimate of drug-likeness (QED) is 0.333. The zero-order chi connectivity index (χ0) is 18.1. The SMILES string of the molecule is O=C(CCCCCCCCCc1ccc(Cl)cc1)C1C(=O)COC1=O. The Hall–Kier alpha value is -1.68. The highest BCUT2D eigenvalue weighted by Crippen LogP contribution is 2.17. The summed E-state index contributed by atoms with van der Waals surface area (Å²) < 4.78 is 4.60. The van der Waals surface area contributed by atoms with Crippen LogP contribution < -0.4 is 0 Å². The Balaban J connectivity index is 1.45. The van der Waals surface area contributed by atoms with E-state index in [2.05, 4.69) is 16.9 Å². The summed E-state index contributed by atoms with van der Waals surface area (Å²) in [5.41, 5.74) is 1.32. The van der Waals surface area contributed by atoms with Gasteiger partial charge in [0.05, 0.1) is 0 Å². The van der Waals surface area contributed by atoms with Crippen LogP contribution in [0.1, 0.15) is 56.9 Å². The first-order valence-corrected chi connectivity index (χ1v) is 9.42. The summed E-state index contributed by atoms with van der Waals surface area (Å²) in [5, 5.41) is 0.774. The zero-order valence-electron chi connectivity index (χ0n) is 14.5. The van der Waals surface area contributed by atoms with E-state index in [0.29, 0.717) is 6.42 Å². The molecular formula is C20H25ClO4. The highest BCUT2D eigenvalue weighted by Gasteiger charge is 2.40. The molecule has 0 N–H and O–H groups in total. The molecule has 1 heterocycles. The molecule has 1 unspecified atom stereocenters. The van der Waals surface area contributed by atoms with Crippen LogP contribution in [0.5, 0.6) is 0 Å². The number of ketones is 2. The van der Waals surface area contributed by atoms with Gasteiger partial charge < -0.3 is 4.74 Å². The fraction of sp³-hybridized carbons (Fsp3) is 0.550. The fourth-order valence-corrected chi connectivity index (χ4v) is 3.19. The lowest BCUT2D eigenvalue weighted by atomic mass is 9.96. The predicted octanol–water partition coefficient (Wildman–Crippen LogP) is 4.31. The van der Waals surface area contributed by atoms with E-state index in [-0.39, 0.29) is 12.4 Å². The van der Waals surface area contributed by atoms with Crippen LogP contribution in [0.4, 0.5) is 0 Å². The molecule has 136 valence electrons. The highest BCUT2D eigenvalue weighted by atomic mass is 35.5. The van der Waals surface area contributed by atoms with Gasteiger partial charge in [-0.1, -0.05) is 55.8 Å². The molecule has 1 fully saturated rings. The largest absolute Gasteiger partial charge is 0.457 e. The van der Waals surface area contributed by atoms with E-state index >= 15 is 0 Å². The summed E-state index contributed by atoms with van der Waals surface area (Å²) in [6, 6.07) is 8.00. The molecule has 0 amide bonds. The first-order valence-electron chi connectivity index (χ1n) is 9.04. The lowest BCUT2D eigenvalue weighted by Crippen LogP contribution is -2.25. The maximum atomic E-state index is 11.9. The van der Waals surface area contributed by atoms with E-state index in [1.807, 2.05) is 12.1 Å². The Morgan fingerprint density at radius 1 is 0.960 bits per heavy atom. The van der Waals surface area contributed by atoms with Crippen molar-refractivity contribution in [3.05, 3.63) is 34.9 Å². The van der Waals surface area contributed by atoms with Gasteiger partial charge in [0.1, 0.15) is 0 Å². The van der Waals surface area contributed by atoms with Gasteiger partial charge in [-0.3, -0.25) is 14.4 Å². The summed E-state index contributed by atoms with van der Waals surface area (Å²) in [6.45, 7) is -0.245. The van der Waals surface area contributed by atoms with Crippen LogP contribution in [0.3, 0.4) is 0 Å². The molecule has 4 nitrogen and oxygen atoms in total. The molecule has 0 radical (unpaired) electrons. The number of carbonyl (C=O) groups is 3. The summed E-state index contributed by atoms with van der Waals surface area (Å²) in [5.74, 6) is -2.49. The summed E-state index contributed by atoms with van der Waals surface area (Å²) in [4.78, 5) is 34.6. The number of ether oxygens (including phenoxy) is 1. The van der Waals surface area contributed by atoms with Crippen molar-refractivity contribution in [3.63, 3.8) is 0 Å². The number of unbranched alkanes of at least 4 members (excludes halogenated alkanes) is 6. The molecule has 0 bridgehead atoms. The third-order valence-corrected chi connectivity index (χ3v) is 4.79. The number of hydrogen-bond donors (Lipinski definition) is 0. The lowest BCUT2D eigenvalue weighted by molar-refractivity contribution is -0.144. The minimum atomic E-state index is -1.15. The number of cyclic esters (lactones) is 1. The van der Waals surface area contributed by atoms with E-state index in [4.69, 9.17) is 11.6 Å². The van der Waals surface area contributed by atoms with Crippen LogP contribution in [0.2, 0.25) is 5.02 Å². The van der Waals surface area contributed by atoms with Crippen molar-refractivity contribution in [1.29, 1.82) is 0 Å². The minimum absolute atomic E-state index is 0.245. The second kappa shape index (κ2) is 10.3. The summed E-state index contributed by atoms with van der Waals surface area (Å²) in [6.07, 6.45) is 8.86. The topological polar surface area (TPSA) is 60.4 Å². The molecule has 1 saturated heterocycles. The molecule has 1 atom stereocenters. The van der Waals surface area contributed by atoms with Crippen LogP contribution in [-0.2, 0) is 25.5 Å². The van der Waals surface area contributed by atoms with Gasteiger partial charge in [0.25, 0.3) is 0 Å². The number of halogens is 1. The molecule has 1 aromatic rings. The molecule has 0 spiro atoms. The molecule has 0 saturated carbocycles. The van der Waals surface area contributed by atoms with Gasteiger partial charge in [0.15, 0.2) is 24.1 Å². The number of carbonyl (C=O) groups excluding carboxylic acids is 3. The minimum Gasteiger partial charge on any atom is -0.457 e. The van der Waals surface area contributed by atoms with Gasteiger partial charge in [-0.2, -0.15) is 0 Å². The zero-order valence-corrected chi connectivity index (χ0v) is 15.2. The van der Waals surface area contributed by atoms with Crippen LogP contribution in [0.15, 0.2) is 24.3 Å². The van der Waals surface area contributed by atoms with E-state index in [1.54, 1.807) is 0 Å². The number of esters is 1. The Bertz CT molecular complexity index is 578. The van der Waals surface area contributed by atoms with Crippen molar-refractivity contribution >= 4 is 29.1 Å². The molecule has 0 aliphatic carbocycles. The first kappa shape index (κ1) is 19.6. The normalized spacial score (nSPS) is 16.9. The third-order valence-electron chi connectivity index (χ3n) is 4.54. The molecule has 0 aromatic heterocycles. The standard InChI is InChI=1S/C20H25ClO4/c21-16-12-10-15(11-13-16)8-6-4-2-1-3-5-7-9-17(22)19-18(23)14-25-20(19)24/h10-13,19H,1-9,14H2. The van der Waals surface area contributed by atoms with Gasteiger partial charge in [-0.15, -0.1) is 0 Å². The maximum Gasteiger partial charge on any atom is 0.324 e. The summed E-state index contributed by atoms with van der Waals surface area (Å²) >= 11 is 5.87. The Morgan fingerprint density at radius 3 is 2.16 bits per heavy atom. The van der Waals surface area contributed by atoms with E-state index in [9.17, 15) is 14.4 Å². The molecule has 1 aliphatic heterocycles. The molecule has 5 heteroatoms. The van der Waals surface area contributed by atoms with Crippen LogP contribution in [-0.4, -0.2) is 24.1 Å². The Labute approximate surface area is 153 Å². The van der Waals surface area contributed by atoms with Crippen molar-refractivity contribution in [1.82, 2.24) is 0 Å². The average molecular weight is 365 g/mol. The molecular weight excluding hydrogens is 340 g/mol. The van der Waals surface area contributed by atoms with E-state index in [0.717, 1.165) is 37.1 Å². The predicted molar refractivity (Wildman–Crippen MR) is 96.6 cm³/mol. The number of benzene rings is 1. The van der Waals surface area contributed by atoms with E-state index < -0.39 is 17.7 Å². The van der Waals surface area contributed by atoms with Gasteiger partial charge in [-0.25, -0.2) is 0 Å². The van der Waals surface area contributed by atoms with Gasteiger partial charge in [-0.05, 0) is 37.0 Å². The Morgan fingerprint density at radius 2 is 1.56 bits per heavy atom. The molecule has 25 heavy (non-hydrogen) atoms. The molecule has 1 aromatic carbocycles. The Kier molecular flexibility index (Phi) is 8.13. The monoisotopic (exact) mass is 364 g/mol. The van der Waals surface area contributed by atoms with Crippen molar-refractivity contribution < 1.29 is 19.1 Å². The lowest BCUT2D eigenvalue weighted by Gasteiger charge is -2.05. The molecule has 1 aliphatic rings. The number of aryl methyl sites for hydroxylation is 1. The summed E-state index contributed by atoms with van der Waals surface area (Å²) in [7, 11) is 0. The maximum absolute atomic E-state index is 11.9. The number of Topliss-reactive ketones (excluding diaryl/α,β-unsaturated/α-hetero) is 2. The number of hydrogen-bond acceptors (Lipinski definition) is 4. The van der Waals surface area contributed by atoms with E-state index in [1.165, 1.54) is 24.8 Å². The van der Waals surface area contributed by atoms with Crippen molar-refractivity contribution in [2.45, 2.75) is 57.8 Å². The van der Waals surface area contributed by atoms with Gasteiger partial charge in [0.2, 0.25) is 0 Å². The van der Waals surface area contributed by atoms with Crippen LogP contribution in [0.25, 0.3) is 0 Å². The second-order valence-electron chi connectivity index (χ2n) is 6.57. The molecule has 2 rings (SSSR count). The smallest absolute Gasteiger partial charge is 0.324 e. The van der Waals surface area contributed by atoms with Gasteiger partial charge >= 0.3 is 5.97 Å². The third kappa shape index (κ3) is 6.62. The van der Waals surface area contributed by atoms with Gasteiger partial charge in [0, 0.05) is 11.4 Å². The second-order valence-corrected chi connectivity index (χ2v) is 7.01. The van der Waals surface area contributed by atoms with Crippen LogP contribution in [0, 0.1) is 5.92 Å². The first-order chi connectivity index (χ1) is 12.1. The highest BCUT2D eigenvalue weighted by molar-refractivity contribution is 6.30. The van der Waals surface area contributed by atoms with Crippen molar-refractivity contribution in [3.8, 4) is 0 Å². The number of rotatable bonds is 11.